The third kappa shape index (κ3) is 4.47. The Kier molecular flexibility index (Phi) is 6.43. The Morgan fingerprint density at radius 2 is 2.07 bits per heavy atom. The Labute approximate surface area is 175 Å². The fraction of sp³-hybridized carbons (Fsp3) is 0.667. The molecule has 3 aliphatic rings. The summed E-state index contributed by atoms with van der Waals surface area (Å²) in [5.74, 6) is 1.84. The van der Waals surface area contributed by atoms with Gasteiger partial charge < -0.3 is 25.4 Å². The van der Waals surface area contributed by atoms with Crippen LogP contribution in [0, 0.1) is 11.8 Å². The molecule has 2 fully saturated rings. The molecule has 3 heterocycles. The van der Waals surface area contributed by atoms with Crippen LogP contribution in [0.5, 0.6) is 5.75 Å². The average molecular weight is 452 g/mol. The maximum Gasteiger partial charge on any atom is 0.255 e. The number of fused-ring (bicyclic) bond motifs is 1. The number of hydrogen-bond donors (Lipinski definition) is 2. The first kappa shape index (κ1) is 20.0. The summed E-state index contributed by atoms with van der Waals surface area (Å²) in [6, 6.07) is 1.79. The lowest BCUT2D eigenvalue weighted by atomic mass is 9.95. The first-order valence-electron chi connectivity index (χ1n) is 10.4. The van der Waals surface area contributed by atoms with Crippen LogP contribution >= 0.6 is 15.9 Å². The number of nitrogens with zero attached hydrogens (tertiary/aromatic N) is 1. The van der Waals surface area contributed by atoms with E-state index in [1.807, 2.05) is 0 Å². The molecule has 0 aromatic heterocycles. The molecule has 2 saturated heterocycles. The number of carbonyl (C=O) groups excluding carboxylic acids is 1. The molecule has 3 N–H and O–H groups in total. The summed E-state index contributed by atoms with van der Waals surface area (Å²) < 4.78 is 12.1. The predicted octanol–water partition coefficient (Wildman–Crippen LogP) is 2.83. The molecule has 3 aliphatic heterocycles. The van der Waals surface area contributed by atoms with Crippen molar-refractivity contribution in [3.8, 4) is 5.75 Å². The maximum atomic E-state index is 12.8. The fourth-order valence-corrected chi connectivity index (χ4v) is 4.97. The number of rotatable bonds is 5. The number of nitrogens with two attached hydrogens (primary N) is 1. The molecular weight excluding hydrogens is 422 g/mol. The van der Waals surface area contributed by atoms with Gasteiger partial charge in [-0.25, -0.2) is 0 Å². The first-order chi connectivity index (χ1) is 13.6. The highest BCUT2D eigenvalue weighted by atomic mass is 79.9. The van der Waals surface area contributed by atoms with E-state index in [1.165, 1.54) is 6.42 Å². The normalized spacial score (nSPS) is 23.2. The molecule has 1 aromatic carbocycles. The van der Waals surface area contributed by atoms with E-state index in [9.17, 15) is 4.79 Å². The predicted molar refractivity (Wildman–Crippen MR) is 113 cm³/mol. The van der Waals surface area contributed by atoms with E-state index in [0.717, 1.165) is 75.1 Å². The van der Waals surface area contributed by atoms with Crippen molar-refractivity contribution in [1.29, 1.82) is 0 Å². The van der Waals surface area contributed by atoms with Crippen molar-refractivity contribution in [3.63, 3.8) is 0 Å². The summed E-state index contributed by atoms with van der Waals surface area (Å²) in [7, 11) is 0. The summed E-state index contributed by atoms with van der Waals surface area (Å²) in [6.45, 7) is 6.57. The lowest BCUT2D eigenvalue weighted by molar-refractivity contribution is 0.0926. The quantitative estimate of drug-likeness (QED) is 0.672. The molecule has 1 aromatic rings. The van der Waals surface area contributed by atoms with Crippen molar-refractivity contribution in [3.05, 3.63) is 21.7 Å². The zero-order chi connectivity index (χ0) is 19.5. The van der Waals surface area contributed by atoms with Crippen molar-refractivity contribution in [2.75, 3.05) is 51.7 Å². The highest BCUT2D eigenvalue weighted by molar-refractivity contribution is 9.10. The number of amides is 1. The van der Waals surface area contributed by atoms with E-state index in [0.29, 0.717) is 35.4 Å². The molecule has 1 atom stereocenters. The van der Waals surface area contributed by atoms with Crippen molar-refractivity contribution in [2.24, 2.45) is 11.8 Å². The Morgan fingerprint density at radius 1 is 1.25 bits per heavy atom. The van der Waals surface area contributed by atoms with Gasteiger partial charge in [0.15, 0.2) is 0 Å². The topological polar surface area (TPSA) is 76.8 Å². The Morgan fingerprint density at radius 3 is 2.82 bits per heavy atom. The SMILES string of the molecule is Nc1c(Br)cc(C(=O)NCC2CCN(CC3CCOC3)CC2)c2c1CCCO2. The number of benzene rings is 1. The summed E-state index contributed by atoms with van der Waals surface area (Å²) in [5.41, 5.74) is 8.40. The third-order valence-electron chi connectivity index (χ3n) is 6.23. The number of carbonyl (C=O) groups is 1. The average Bonchev–Trinajstić information content (AvgIpc) is 3.23. The number of halogens is 1. The molecule has 0 saturated carbocycles. The van der Waals surface area contributed by atoms with Crippen LogP contribution in [0.1, 0.15) is 41.6 Å². The van der Waals surface area contributed by atoms with Gasteiger partial charge in [-0.3, -0.25) is 4.79 Å². The van der Waals surface area contributed by atoms with Gasteiger partial charge >= 0.3 is 0 Å². The number of anilines is 1. The molecule has 7 heteroatoms. The lowest BCUT2D eigenvalue weighted by Crippen LogP contribution is -2.40. The second-order valence-corrected chi connectivity index (χ2v) is 9.12. The molecular formula is C21H30BrN3O3. The molecule has 0 aliphatic carbocycles. The van der Waals surface area contributed by atoms with E-state index in [4.69, 9.17) is 15.2 Å². The van der Waals surface area contributed by atoms with Gasteiger partial charge in [-0.1, -0.05) is 0 Å². The number of piperidine rings is 1. The summed E-state index contributed by atoms with van der Waals surface area (Å²) in [6.07, 6.45) is 5.24. The minimum absolute atomic E-state index is 0.0654. The molecule has 4 rings (SSSR count). The second-order valence-electron chi connectivity index (χ2n) is 8.26. The number of likely N-dealkylation sites (tertiary alicyclic amines) is 1. The standard InChI is InChI=1S/C21H30BrN3O3/c22-18-10-17(20-16(19(18)23)2-1-8-28-20)21(26)24-11-14-3-6-25(7-4-14)12-15-5-9-27-13-15/h10,14-15H,1-9,11-13,23H2,(H,24,26). The van der Waals surface area contributed by atoms with Crippen LogP contribution in [0.4, 0.5) is 5.69 Å². The zero-order valence-corrected chi connectivity index (χ0v) is 17.9. The highest BCUT2D eigenvalue weighted by Crippen LogP contribution is 2.38. The second kappa shape index (κ2) is 9.01. The molecule has 1 amide bonds. The van der Waals surface area contributed by atoms with Crippen LogP contribution < -0.4 is 15.8 Å². The van der Waals surface area contributed by atoms with Gasteiger partial charge in [0.05, 0.1) is 24.5 Å². The van der Waals surface area contributed by atoms with Crippen LogP contribution in [0.2, 0.25) is 0 Å². The van der Waals surface area contributed by atoms with Gasteiger partial charge in [0.1, 0.15) is 5.75 Å². The van der Waals surface area contributed by atoms with E-state index in [-0.39, 0.29) is 5.91 Å². The molecule has 0 spiro atoms. The van der Waals surface area contributed by atoms with Crippen LogP contribution in [-0.2, 0) is 11.2 Å². The van der Waals surface area contributed by atoms with Gasteiger partial charge in [0.2, 0.25) is 0 Å². The van der Waals surface area contributed by atoms with Crippen LogP contribution in [0.3, 0.4) is 0 Å². The molecule has 28 heavy (non-hydrogen) atoms. The smallest absolute Gasteiger partial charge is 0.255 e. The molecule has 0 bridgehead atoms. The maximum absolute atomic E-state index is 12.8. The van der Waals surface area contributed by atoms with E-state index >= 15 is 0 Å². The summed E-state index contributed by atoms with van der Waals surface area (Å²) in [4.78, 5) is 15.4. The third-order valence-corrected chi connectivity index (χ3v) is 6.89. The van der Waals surface area contributed by atoms with Gasteiger partial charge in [0.25, 0.3) is 5.91 Å². The van der Waals surface area contributed by atoms with Crippen LogP contribution in [0.15, 0.2) is 10.5 Å². The molecule has 6 nitrogen and oxygen atoms in total. The van der Waals surface area contributed by atoms with Gasteiger partial charge in [-0.15, -0.1) is 0 Å². The first-order valence-corrected chi connectivity index (χ1v) is 11.2. The van der Waals surface area contributed by atoms with Crippen molar-refractivity contribution in [1.82, 2.24) is 10.2 Å². The van der Waals surface area contributed by atoms with Crippen LogP contribution in [0.25, 0.3) is 0 Å². The summed E-state index contributed by atoms with van der Waals surface area (Å²) in [5, 5.41) is 3.13. The van der Waals surface area contributed by atoms with E-state index < -0.39 is 0 Å². The van der Waals surface area contributed by atoms with E-state index in [1.54, 1.807) is 6.07 Å². The van der Waals surface area contributed by atoms with E-state index in [2.05, 4.69) is 26.1 Å². The Bertz CT molecular complexity index is 713. The highest BCUT2D eigenvalue weighted by Gasteiger charge is 2.26. The fourth-order valence-electron chi connectivity index (χ4n) is 4.50. The number of nitrogen functional groups attached to an aromatic ring is 1. The van der Waals surface area contributed by atoms with Crippen LogP contribution in [-0.4, -0.2) is 56.8 Å². The lowest BCUT2D eigenvalue weighted by Gasteiger charge is -2.33. The molecule has 0 radical (unpaired) electrons. The largest absolute Gasteiger partial charge is 0.492 e. The number of ether oxygens (including phenoxy) is 2. The monoisotopic (exact) mass is 451 g/mol. The van der Waals surface area contributed by atoms with Crippen molar-refractivity contribution in [2.45, 2.75) is 32.1 Å². The van der Waals surface area contributed by atoms with Crippen molar-refractivity contribution < 1.29 is 14.3 Å². The number of hydrogen-bond acceptors (Lipinski definition) is 5. The Hall–Kier alpha value is -1.31. The minimum atomic E-state index is -0.0654. The van der Waals surface area contributed by atoms with Crippen molar-refractivity contribution >= 4 is 27.5 Å². The number of nitrogens with one attached hydrogen (secondary N) is 1. The van der Waals surface area contributed by atoms with Gasteiger partial charge in [0, 0.05) is 29.7 Å². The van der Waals surface area contributed by atoms with Gasteiger partial charge in [-0.2, -0.15) is 0 Å². The Balaban J connectivity index is 1.30. The molecule has 154 valence electrons. The summed E-state index contributed by atoms with van der Waals surface area (Å²) >= 11 is 3.49. The minimum Gasteiger partial charge on any atom is -0.492 e. The zero-order valence-electron chi connectivity index (χ0n) is 16.3. The molecule has 1 unspecified atom stereocenters. The van der Waals surface area contributed by atoms with Gasteiger partial charge in [-0.05, 0) is 79.0 Å².